The Kier molecular flexibility index (Phi) is 5.33. The number of thiophene rings is 1. The topological polar surface area (TPSA) is 46.9 Å². The summed E-state index contributed by atoms with van der Waals surface area (Å²) in [6.07, 6.45) is 0.357. The fourth-order valence-electron chi connectivity index (χ4n) is 2.43. The second-order valence-electron chi connectivity index (χ2n) is 5.52. The third-order valence-corrected chi connectivity index (χ3v) is 4.82. The minimum atomic E-state index is 0.000567. The fraction of sp³-hybridized carbons (Fsp3) is 0.222. The first-order chi connectivity index (χ1) is 11.6. The highest BCUT2D eigenvalue weighted by molar-refractivity contribution is 7.13. The van der Waals surface area contributed by atoms with Crippen LogP contribution < -0.4 is 5.32 Å². The van der Waals surface area contributed by atoms with E-state index in [1.54, 1.807) is 23.5 Å². The van der Waals surface area contributed by atoms with Gasteiger partial charge < -0.3 is 5.32 Å². The number of benzene rings is 1. The number of amides is 1. The average Bonchev–Trinajstić information content (AvgIpc) is 3.20. The van der Waals surface area contributed by atoms with Crippen molar-refractivity contribution < 1.29 is 4.79 Å². The second-order valence-corrected chi connectivity index (χ2v) is 6.91. The van der Waals surface area contributed by atoms with Gasteiger partial charge in [0, 0.05) is 17.3 Å². The van der Waals surface area contributed by atoms with Crippen LogP contribution >= 0.6 is 22.9 Å². The maximum atomic E-state index is 12.0. The lowest BCUT2D eigenvalue weighted by Crippen LogP contribution is -2.29. The SMILES string of the molecule is Cc1cc(-c2cccs2)nn1CCNC(=O)Cc1ccc(Cl)cc1. The number of hydrogen-bond donors (Lipinski definition) is 1. The van der Waals surface area contributed by atoms with Gasteiger partial charge in [-0.3, -0.25) is 9.48 Å². The molecule has 2 aromatic heterocycles. The van der Waals surface area contributed by atoms with E-state index >= 15 is 0 Å². The number of carbonyl (C=O) groups excluding carboxylic acids is 1. The molecule has 6 heteroatoms. The Bertz CT molecular complexity index is 809. The van der Waals surface area contributed by atoms with Crippen molar-refractivity contribution in [2.75, 3.05) is 6.54 Å². The van der Waals surface area contributed by atoms with Crippen LogP contribution in [0.4, 0.5) is 0 Å². The summed E-state index contributed by atoms with van der Waals surface area (Å²) in [6, 6.07) is 13.5. The highest BCUT2D eigenvalue weighted by Crippen LogP contribution is 2.23. The van der Waals surface area contributed by atoms with Crippen LogP contribution in [0.5, 0.6) is 0 Å². The van der Waals surface area contributed by atoms with Crippen LogP contribution in [-0.4, -0.2) is 22.2 Å². The molecule has 124 valence electrons. The number of aromatic nitrogens is 2. The molecule has 0 aliphatic carbocycles. The van der Waals surface area contributed by atoms with Gasteiger partial charge in [0.15, 0.2) is 0 Å². The van der Waals surface area contributed by atoms with Crippen LogP contribution in [0.2, 0.25) is 5.02 Å². The second kappa shape index (κ2) is 7.64. The predicted molar refractivity (Wildman–Crippen MR) is 98.4 cm³/mol. The van der Waals surface area contributed by atoms with E-state index in [0.29, 0.717) is 24.5 Å². The van der Waals surface area contributed by atoms with Crippen LogP contribution in [0.3, 0.4) is 0 Å². The molecule has 0 bridgehead atoms. The Morgan fingerprint density at radius 3 is 2.79 bits per heavy atom. The fourth-order valence-corrected chi connectivity index (χ4v) is 3.24. The monoisotopic (exact) mass is 359 g/mol. The average molecular weight is 360 g/mol. The zero-order chi connectivity index (χ0) is 16.9. The van der Waals surface area contributed by atoms with Gasteiger partial charge in [0.1, 0.15) is 5.69 Å². The molecule has 1 amide bonds. The summed E-state index contributed by atoms with van der Waals surface area (Å²) in [5, 5.41) is 10.3. The van der Waals surface area contributed by atoms with E-state index in [2.05, 4.69) is 22.5 Å². The highest BCUT2D eigenvalue weighted by atomic mass is 35.5. The molecule has 0 saturated heterocycles. The zero-order valence-corrected chi connectivity index (χ0v) is 14.9. The number of hydrogen-bond acceptors (Lipinski definition) is 3. The minimum absolute atomic E-state index is 0.000567. The van der Waals surface area contributed by atoms with Crippen LogP contribution in [0.25, 0.3) is 10.6 Å². The molecule has 0 spiro atoms. The molecule has 0 unspecified atom stereocenters. The molecule has 1 aromatic carbocycles. The molecular weight excluding hydrogens is 342 g/mol. The van der Waals surface area contributed by atoms with Crippen molar-refractivity contribution in [2.24, 2.45) is 0 Å². The summed E-state index contributed by atoms with van der Waals surface area (Å²) in [6.45, 7) is 3.24. The molecule has 24 heavy (non-hydrogen) atoms. The number of carbonyl (C=O) groups is 1. The normalized spacial score (nSPS) is 10.8. The molecular formula is C18H18ClN3OS. The van der Waals surface area contributed by atoms with E-state index in [4.69, 9.17) is 11.6 Å². The van der Waals surface area contributed by atoms with E-state index in [0.717, 1.165) is 21.8 Å². The lowest BCUT2D eigenvalue weighted by molar-refractivity contribution is -0.120. The molecule has 2 heterocycles. The summed E-state index contributed by atoms with van der Waals surface area (Å²) < 4.78 is 1.93. The van der Waals surface area contributed by atoms with E-state index in [-0.39, 0.29) is 5.91 Å². The first-order valence-electron chi connectivity index (χ1n) is 7.71. The van der Waals surface area contributed by atoms with Gasteiger partial charge in [0.2, 0.25) is 5.91 Å². The van der Waals surface area contributed by atoms with Crippen molar-refractivity contribution >= 4 is 28.8 Å². The summed E-state index contributed by atoms with van der Waals surface area (Å²) in [5.74, 6) is 0.000567. The number of halogens is 1. The third-order valence-electron chi connectivity index (χ3n) is 3.68. The van der Waals surface area contributed by atoms with Crippen molar-refractivity contribution in [1.29, 1.82) is 0 Å². The van der Waals surface area contributed by atoms with Crippen molar-refractivity contribution in [2.45, 2.75) is 19.9 Å². The van der Waals surface area contributed by atoms with Gasteiger partial charge in [-0.15, -0.1) is 11.3 Å². The molecule has 1 N–H and O–H groups in total. The number of aryl methyl sites for hydroxylation is 1. The van der Waals surface area contributed by atoms with E-state index in [9.17, 15) is 4.79 Å². The number of rotatable bonds is 6. The van der Waals surface area contributed by atoms with Gasteiger partial charge in [-0.05, 0) is 42.1 Å². The van der Waals surface area contributed by atoms with Crippen molar-refractivity contribution in [3.8, 4) is 10.6 Å². The Hall–Kier alpha value is -2.11. The predicted octanol–water partition coefficient (Wildman–Crippen LogP) is 3.93. The summed E-state index contributed by atoms with van der Waals surface area (Å²) in [7, 11) is 0. The van der Waals surface area contributed by atoms with Crippen LogP contribution in [0.1, 0.15) is 11.3 Å². The quantitative estimate of drug-likeness (QED) is 0.724. The Morgan fingerprint density at radius 1 is 1.29 bits per heavy atom. The Labute approximate surface area is 150 Å². The number of nitrogens with zero attached hydrogens (tertiary/aromatic N) is 2. The van der Waals surface area contributed by atoms with Gasteiger partial charge >= 0.3 is 0 Å². The highest BCUT2D eigenvalue weighted by Gasteiger charge is 2.08. The van der Waals surface area contributed by atoms with Gasteiger partial charge in [-0.25, -0.2) is 0 Å². The molecule has 0 radical (unpaired) electrons. The smallest absolute Gasteiger partial charge is 0.224 e. The largest absolute Gasteiger partial charge is 0.354 e. The Morgan fingerprint density at radius 2 is 2.08 bits per heavy atom. The van der Waals surface area contributed by atoms with Gasteiger partial charge in [-0.2, -0.15) is 5.10 Å². The maximum Gasteiger partial charge on any atom is 0.224 e. The lowest BCUT2D eigenvalue weighted by Gasteiger charge is -2.07. The molecule has 0 saturated carbocycles. The summed E-state index contributed by atoms with van der Waals surface area (Å²) in [4.78, 5) is 13.1. The molecule has 0 atom stereocenters. The third kappa shape index (κ3) is 4.24. The maximum absolute atomic E-state index is 12.0. The Balaban J connectivity index is 1.51. The summed E-state index contributed by atoms with van der Waals surface area (Å²) in [5.41, 5.74) is 3.02. The first-order valence-corrected chi connectivity index (χ1v) is 8.97. The molecule has 0 aliphatic rings. The molecule has 0 aliphatic heterocycles. The lowest BCUT2D eigenvalue weighted by atomic mass is 10.1. The molecule has 4 nitrogen and oxygen atoms in total. The van der Waals surface area contributed by atoms with E-state index in [1.807, 2.05) is 35.2 Å². The molecule has 3 aromatic rings. The van der Waals surface area contributed by atoms with E-state index < -0.39 is 0 Å². The molecule has 0 fully saturated rings. The molecule has 3 rings (SSSR count). The zero-order valence-electron chi connectivity index (χ0n) is 13.3. The first kappa shape index (κ1) is 16.7. The minimum Gasteiger partial charge on any atom is -0.354 e. The van der Waals surface area contributed by atoms with Crippen LogP contribution in [0.15, 0.2) is 47.8 Å². The van der Waals surface area contributed by atoms with Crippen molar-refractivity contribution in [3.63, 3.8) is 0 Å². The van der Waals surface area contributed by atoms with Gasteiger partial charge in [0.25, 0.3) is 0 Å². The number of nitrogens with one attached hydrogen (secondary N) is 1. The van der Waals surface area contributed by atoms with Gasteiger partial charge in [0.05, 0.1) is 17.8 Å². The van der Waals surface area contributed by atoms with Crippen LogP contribution in [-0.2, 0) is 17.8 Å². The van der Waals surface area contributed by atoms with Crippen molar-refractivity contribution in [1.82, 2.24) is 15.1 Å². The summed E-state index contributed by atoms with van der Waals surface area (Å²) >= 11 is 7.52. The van der Waals surface area contributed by atoms with Crippen molar-refractivity contribution in [3.05, 3.63) is 64.1 Å². The van der Waals surface area contributed by atoms with Crippen LogP contribution in [0, 0.1) is 6.92 Å². The standard InChI is InChI=1S/C18H18ClN3OS/c1-13-11-16(17-3-2-10-24-17)21-22(13)9-8-20-18(23)12-14-4-6-15(19)7-5-14/h2-7,10-11H,8-9,12H2,1H3,(H,20,23). The van der Waals surface area contributed by atoms with E-state index in [1.165, 1.54) is 0 Å². The van der Waals surface area contributed by atoms with Gasteiger partial charge in [-0.1, -0.05) is 29.8 Å².